The number of ether oxygens (including phenoxy) is 1. The van der Waals surface area contributed by atoms with Gasteiger partial charge in [0.2, 0.25) is 0 Å². The average molecular weight is 277 g/mol. The molecule has 0 spiro atoms. The molecule has 5 heteroatoms. The zero-order valence-electron chi connectivity index (χ0n) is 10.1. The number of methoxy groups -OCH3 is 1. The summed E-state index contributed by atoms with van der Waals surface area (Å²) in [7, 11) is 1.53. The van der Waals surface area contributed by atoms with Gasteiger partial charge < -0.3 is 10.1 Å². The van der Waals surface area contributed by atoms with Gasteiger partial charge in [0.15, 0.2) is 0 Å². The molecule has 0 aliphatic heterocycles. The van der Waals surface area contributed by atoms with Crippen LogP contribution in [0.3, 0.4) is 0 Å². The van der Waals surface area contributed by atoms with Gasteiger partial charge in [-0.25, -0.2) is 4.39 Å². The SMILES string of the molecule is COc1ccc(Nc2ccc(F)cc2C#N)cc1Cl. The third-order valence-corrected chi connectivity index (χ3v) is 2.83. The highest BCUT2D eigenvalue weighted by atomic mass is 35.5. The van der Waals surface area contributed by atoms with Crippen LogP contribution < -0.4 is 10.1 Å². The summed E-state index contributed by atoms with van der Waals surface area (Å²) in [6, 6.07) is 11.0. The summed E-state index contributed by atoms with van der Waals surface area (Å²) in [5.74, 6) is 0.113. The van der Waals surface area contributed by atoms with E-state index in [2.05, 4.69) is 5.32 Å². The Labute approximate surface area is 115 Å². The van der Waals surface area contributed by atoms with Crippen molar-refractivity contribution in [2.45, 2.75) is 0 Å². The zero-order valence-corrected chi connectivity index (χ0v) is 10.8. The summed E-state index contributed by atoms with van der Waals surface area (Å²) < 4.78 is 18.1. The van der Waals surface area contributed by atoms with Crippen LogP contribution in [-0.2, 0) is 0 Å². The molecule has 1 N–H and O–H groups in total. The molecule has 2 aromatic rings. The Hall–Kier alpha value is -2.25. The zero-order chi connectivity index (χ0) is 13.8. The first-order valence-corrected chi connectivity index (χ1v) is 5.82. The molecule has 3 nitrogen and oxygen atoms in total. The lowest BCUT2D eigenvalue weighted by Gasteiger charge is -2.10. The van der Waals surface area contributed by atoms with Gasteiger partial charge in [0.1, 0.15) is 17.6 Å². The Kier molecular flexibility index (Phi) is 3.88. The lowest BCUT2D eigenvalue weighted by molar-refractivity contribution is 0.415. The third-order valence-electron chi connectivity index (χ3n) is 2.53. The predicted molar refractivity (Wildman–Crippen MR) is 72.4 cm³/mol. The Bertz CT molecular complexity index is 652. The lowest BCUT2D eigenvalue weighted by atomic mass is 10.2. The number of hydrogen-bond acceptors (Lipinski definition) is 3. The van der Waals surface area contributed by atoms with E-state index in [-0.39, 0.29) is 5.56 Å². The number of anilines is 2. The lowest BCUT2D eigenvalue weighted by Crippen LogP contribution is -1.95. The second-order valence-electron chi connectivity index (χ2n) is 3.78. The maximum Gasteiger partial charge on any atom is 0.137 e. The van der Waals surface area contributed by atoms with Crippen molar-refractivity contribution in [3.8, 4) is 11.8 Å². The summed E-state index contributed by atoms with van der Waals surface area (Å²) in [4.78, 5) is 0. The van der Waals surface area contributed by atoms with Crippen molar-refractivity contribution in [1.29, 1.82) is 5.26 Å². The molecule has 0 fully saturated rings. The van der Waals surface area contributed by atoms with E-state index >= 15 is 0 Å². The van der Waals surface area contributed by atoms with E-state index in [0.29, 0.717) is 22.1 Å². The second-order valence-corrected chi connectivity index (χ2v) is 4.18. The van der Waals surface area contributed by atoms with Gasteiger partial charge >= 0.3 is 0 Å². The molecule has 0 bridgehead atoms. The molecule has 0 aliphatic rings. The van der Waals surface area contributed by atoms with E-state index in [1.165, 1.54) is 25.3 Å². The fourth-order valence-corrected chi connectivity index (χ4v) is 1.88. The molecule has 0 saturated carbocycles. The van der Waals surface area contributed by atoms with E-state index in [9.17, 15) is 4.39 Å². The van der Waals surface area contributed by atoms with Crippen molar-refractivity contribution in [2.24, 2.45) is 0 Å². The maximum absolute atomic E-state index is 13.0. The summed E-state index contributed by atoms with van der Waals surface area (Å²) in [6.07, 6.45) is 0. The number of nitriles is 1. The minimum absolute atomic E-state index is 0.229. The van der Waals surface area contributed by atoms with E-state index < -0.39 is 5.82 Å². The normalized spacial score (nSPS) is 9.79. The van der Waals surface area contributed by atoms with Gasteiger partial charge in [-0.1, -0.05) is 11.6 Å². The second kappa shape index (κ2) is 5.59. The topological polar surface area (TPSA) is 45.0 Å². The van der Waals surface area contributed by atoms with Gasteiger partial charge in [-0.2, -0.15) is 5.26 Å². The highest BCUT2D eigenvalue weighted by molar-refractivity contribution is 6.32. The third kappa shape index (κ3) is 2.95. The summed E-state index contributed by atoms with van der Waals surface area (Å²) >= 11 is 6.00. The molecule has 0 heterocycles. The fourth-order valence-electron chi connectivity index (χ4n) is 1.62. The fraction of sp³-hybridized carbons (Fsp3) is 0.0714. The minimum Gasteiger partial charge on any atom is -0.495 e. The first kappa shape index (κ1) is 13.2. The molecule has 0 saturated heterocycles. The molecule has 19 heavy (non-hydrogen) atoms. The number of benzene rings is 2. The summed E-state index contributed by atoms with van der Waals surface area (Å²) in [5, 5.41) is 12.4. The largest absolute Gasteiger partial charge is 0.495 e. The van der Waals surface area contributed by atoms with Crippen LogP contribution in [0.1, 0.15) is 5.56 Å². The number of nitrogens with zero attached hydrogens (tertiary/aromatic N) is 1. The van der Waals surface area contributed by atoms with Crippen molar-refractivity contribution in [3.05, 3.63) is 52.8 Å². The van der Waals surface area contributed by atoms with Crippen LogP contribution in [0, 0.1) is 17.1 Å². The molecule has 0 radical (unpaired) electrons. The predicted octanol–water partition coefficient (Wildman–Crippen LogP) is 4.10. The Morgan fingerprint density at radius 2 is 2.05 bits per heavy atom. The van der Waals surface area contributed by atoms with Gasteiger partial charge in [0, 0.05) is 5.69 Å². The van der Waals surface area contributed by atoms with Crippen LogP contribution in [0.5, 0.6) is 5.75 Å². The van der Waals surface area contributed by atoms with Crippen molar-refractivity contribution < 1.29 is 9.13 Å². The number of nitrogens with one attached hydrogen (secondary N) is 1. The van der Waals surface area contributed by atoms with Gasteiger partial charge in [-0.3, -0.25) is 0 Å². The first-order valence-electron chi connectivity index (χ1n) is 5.44. The van der Waals surface area contributed by atoms with E-state index in [1.54, 1.807) is 18.2 Å². The first-order chi connectivity index (χ1) is 9.13. The highest BCUT2D eigenvalue weighted by Gasteiger charge is 2.06. The number of hydrogen-bond donors (Lipinski definition) is 1. The van der Waals surface area contributed by atoms with Gasteiger partial charge in [-0.15, -0.1) is 0 Å². The quantitative estimate of drug-likeness (QED) is 0.918. The van der Waals surface area contributed by atoms with Crippen LogP contribution >= 0.6 is 11.6 Å². The van der Waals surface area contributed by atoms with Gasteiger partial charge in [-0.05, 0) is 36.4 Å². The number of rotatable bonds is 3. The standard InChI is InChI=1S/C14H10ClFN2O/c1-19-14-5-3-11(7-12(14)15)18-13-4-2-10(16)6-9(13)8-17/h2-7,18H,1H3. The molecule has 0 unspecified atom stereocenters. The van der Waals surface area contributed by atoms with Gasteiger partial charge in [0.05, 0.1) is 23.4 Å². The van der Waals surface area contributed by atoms with Crippen LogP contribution in [0.4, 0.5) is 15.8 Å². The summed E-state index contributed by atoms with van der Waals surface area (Å²) in [5.41, 5.74) is 1.44. The Balaban J connectivity index is 2.31. The van der Waals surface area contributed by atoms with Crippen LogP contribution in [0.15, 0.2) is 36.4 Å². The Morgan fingerprint density at radius 1 is 1.26 bits per heavy atom. The van der Waals surface area contributed by atoms with E-state index in [4.69, 9.17) is 21.6 Å². The monoisotopic (exact) mass is 276 g/mol. The highest BCUT2D eigenvalue weighted by Crippen LogP contribution is 2.29. The molecular formula is C14H10ClFN2O. The van der Waals surface area contributed by atoms with Crippen LogP contribution in [-0.4, -0.2) is 7.11 Å². The molecule has 0 aromatic heterocycles. The van der Waals surface area contributed by atoms with Crippen molar-refractivity contribution in [1.82, 2.24) is 0 Å². The summed E-state index contributed by atoms with van der Waals surface area (Å²) in [6.45, 7) is 0. The smallest absolute Gasteiger partial charge is 0.137 e. The van der Waals surface area contributed by atoms with E-state index in [0.717, 1.165) is 0 Å². The molecule has 0 amide bonds. The Morgan fingerprint density at radius 3 is 2.68 bits per heavy atom. The van der Waals surface area contributed by atoms with E-state index in [1.807, 2.05) is 6.07 Å². The van der Waals surface area contributed by atoms with Crippen molar-refractivity contribution >= 4 is 23.0 Å². The molecule has 96 valence electrons. The van der Waals surface area contributed by atoms with Crippen molar-refractivity contribution in [2.75, 3.05) is 12.4 Å². The average Bonchev–Trinajstić information content (AvgIpc) is 2.41. The maximum atomic E-state index is 13.0. The van der Waals surface area contributed by atoms with Crippen LogP contribution in [0.2, 0.25) is 5.02 Å². The van der Waals surface area contributed by atoms with Crippen LogP contribution in [0.25, 0.3) is 0 Å². The molecular weight excluding hydrogens is 267 g/mol. The van der Waals surface area contributed by atoms with Gasteiger partial charge in [0.25, 0.3) is 0 Å². The molecule has 2 aromatic carbocycles. The van der Waals surface area contributed by atoms with Crippen molar-refractivity contribution in [3.63, 3.8) is 0 Å². The molecule has 0 aliphatic carbocycles. The molecule has 2 rings (SSSR count). The minimum atomic E-state index is -0.449. The molecule has 0 atom stereocenters. The number of halogens is 2.